The number of benzene rings is 2. The Balaban J connectivity index is 2.24. The molecule has 0 radical (unpaired) electrons. The van der Waals surface area contributed by atoms with Crippen LogP contribution in [0.2, 0.25) is 0 Å². The van der Waals surface area contributed by atoms with Gasteiger partial charge in [0.2, 0.25) is 0 Å². The van der Waals surface area contributed by atoms with Crippen LogP contribution in [0.5, 0.6) is 0 Å². The molecule has 2 N–H and O–H groups in total. The molecule has 0 aromatic heterocycles. The van der Waals surface area contributed by atoms with Crippen LogP contribution in [0.15, 0.2) is 56.7 Å². The summed E-state index contributed by atoms with van der Waals surface area (Å²) in [4.78, 5) is 1.93. The standard InChI is InChI=1S/C14H13BrFNS/c1-9(17)10-5-6-14(13(15)7-10)18-12-4-2-3-11(16)8-12/h2-9H,17H2,1H3/t9-/m0/s1. The predicted octanol–water partition coefficient (Wildman–Crippen LogP) is 4.76. The van der Waals surface area contributed by atoms with E-state index in [1.165, 1.54) is 23.9 Å². The summed E-state index contributed by atoms with van der Waals surface area (Å²) in [5.74, 6) is -0.219. The van der Waals surface area contributed by atoms with Crippen molar-refractivity contribution in [2.75, 3.05) is 0 Å². The van der Waals surface area contributed by atoms with Crippen molar-refractivity contribution in [1.82, 2.24) is 0 Å². The first-order valence-corrected chi connectivity index (χ1v) is 7.15. The lowest BCUT2D eigenvalue weighted by Crippen LogP contribution is -2.04. The maximum atomic E-state index is 13.1. The summed E-state index contributed by atoms with van der Waals surface area (Å²) in [5.41, 5.74) is 6.90. The molecule has 18 heavy (non-hydrogen) atoms. The molecule has 0 unspecified atom stereocenters. The minimum atomic E-state index is -0.219. The monoisotopic (exact) mass is 325 g/mol. The molecule has 0 saturated heterocycles. The Morgan fingerprint density at radius 3 is 2.61 bits per heavy atom. The zero-order valence-corrected chi connectivity index (χ0v) is 12.3. The fourth-order valence-corrected chi connectivity index (χ4v) is 3.04. The SMILES string of the molecule is C[C@H](N)c1ccc(Sc2cccc(F)c2)c(Br)c1. The molecule has 1 atom stereocenters. The fourth-order valence-electron chi connectivity index (χ4n) is 1.54. The van der Waals surface area contributed by atoms with Gasteiger partial charge in [-0.3, -0.25) is 0 Å². The molecule has 0 fully saturated rings. The summed E-state index contributed by atoms with van der Waals surface area (Å²) in [6.07, 6.45) is 0. The summed E-state index contributed by atoms with van der Waals surface area (Å²) in [7, 11) is 0. The van der Waals surface area contributed by atoms with Gasteiger partial charge in [-0.05, 0) is 58.7 Å². The zero-order chi connectivity index (χ0) is 13.1. The molecule has 2 rings (SSSR count). The maximum absolute atomic E-state index is 13.1. The van der Waals surface area contributed by atoms with Crippen LogP contribution >= 0.6 is 27.7 Å². The maximum Gasteiger partial charge on any atom is 0.124 e. The highest BCUT2D eigenvalue weighted by Gasteiger charge is 2.06. The van der Waals surface area contributed by atoms with Crippen molar-refractivity contribution in [1.29, 1.82) is 0 Å². The van der Waals surface area contributed by atoms with Crippen LogP contribution in [-0.2, 0) is 0 Å². The molecule has 0 aliphatic rings. The van der Waals surface area contributed by atoms with E-state index >= 15 is 0 Å². The third-order valence-corrected chi connectivity index (χ3v) is 4.49. The number of hydrogen-bond acceptors (Lipinski definition) is 2. The van der Waals surface area contributed by atoms with E-state index in [9.17, 15) is 4.39 Å². The third-order valence-electron chi connectivity index (χ3n) is 2.51. The highest BCUT2D eigenvalue weighted by atomic mass is 79.9. The Hall–Kier alpha value is -0.840. The molecule has 2 aromatic carbocycles. The first-order chi connectivity index (χ1) is 8.56. The van der Waals surface area contributed by atoms with E-state index in [2.05, 4.69) is 15.9 Å². The molecule has 94 valence electrons. The van der Waals surface area contributed by atoms with Gasteiger partial charge in [0.15, 0.2) is 0 Å². The molecule has 0 heterocycles. The molecule has 0 aliphatic heterocycles. The van der Waals surface area contributed by atoms with Crippen molar-refractivity contribution in [2.24, 2.45) is 5.73 Å². The Morgan fingerprint density at radius 2 is 2.00 bits per heavy atom. The van der Waals surface area contributed by atoms with Gasteiger partial charge < -0.3 is 5.73 Å². The average Bonchev–Trinajstić information content (AvgIpc) is 2.31. The van der Waals surface area contributed by atoms with Crippen LogP contribution in [0.3, 0.4) is 0 Å². The minimum Gasteiger partial charge on any atom is -0.324 e. The lowest BCUT2D eigenvalue weighted by molar-refractivity contribution is 0.624. The van der Waals surface area contributed by atoms with Gasteiger partial charge >= 0.3 is 0 Å². The number of halogens is 2. The molecule has 0 amide bonds. The highest BCUT2D eigenvalue weighted by Crippen LogP contribution is 2.34. The predicted molar refractivity (Wildman–Crippen MR) is 77.3 cm³/mol. The van der Waals surface area contributed by atoms with Gasteiger partial charge in [0, 0.05) is 20.3 Å². The van der Waals surface area contributed by atoms with Crippen LogP contribution in [0.25, 0.3) is 0 Å². The Kier molecular flexibility index (Phi) is 4.43. The van der Waals surface area contributed by atoms with E-state index in [4.69, 9.17) is 5.73 Å². The largest absolute Gasteiger partial charge is 0.324 e. The quantitative estimate of drug-likeness (QED) is 0.880. The summed E-state index contributed by atoms with van der Waals surface area (Å²) in [6, 6.07) is 12.6. The molecule has 2 aromatic rings. The van der Waals surface area contributed by atoms with E-state index in [0.717, 1.165) is 19.8 Å². The minimum absolute atomic E-state index is 0.00881. The van der Waals surface area contributed by atoms with E-state index in [1.54, 1.807) is 6.07 Å². The molecule has 0 bridgehead atoms. The lowest BCUT2D eigenvalue weighted by atomic mass is 10.1. The molecule has 4 heteroatoms. The molecule has 0 saturated carbocycles. The number of hydrogen-bond donors (Lipinski definition) is 1. The first-order valence-electron chi connectivity index (χ1n) is 5.54. The Bertz CT molecular complexity index is 557. The summed E-state index contributed by atoms with van der Waals surface area (Å²) >= 11 is 5.04. The van der Waals surface area contributed by atoms with E-state index in [0.29, 0.717) is 0 Å². The van der Waals surface area contributed by atoms with Gasteiger partial charge in [-0.15, -0.1) is 0 Å². The third kappa shape index (κ3) is 3.34. The Morgan fingerprint density at radius 1 is 1.22 bits per heavy atom. The second-order valence-corrected chi connectivity index (χ2v) is 6.01. The van der Waals surface area contributed by atoms with Crippen LogP contribution in [0.1, 0.15) is 18.5 Å². The Labute approximate surface area is 119 Å². The molecular formula is C14H13BrFNS. The average molecular weight is 326 g/mol. The smallest absolute Gasteiger partial charge is 0.124 e. The van der Waals surface area contributed by atoms with Gasteiger partial charge in [-0.25, -0.2) is 4.39 Å². The van der Waals surface area contributed by atoms with Crippen molar-refractivity contribution >= 4 is 27.7 Å². The second-order valence-electron chi connectivity index (χ2n) is 4.04. The summed E-state index contributed by atoms with van der Waals surface area (Å²) in [6.45, 7) is 1.95. The van der Waals surface area contributed by atoms with Gasteiger partial charge in [-0.1, -0.05) is 23.9 Å². The number of rotatable bonds is 3. The first kappa shape index (κ1) is 13.6. The summed E-state index contributed by atoms with van der Waals surface area (Å²) < 4.78 is 14.1. The van der Waals surface area contributed by atoms with E-state index in [1.807, 2.05) is 31.2 Å². The van der Waals surface area contributed by atoms with Crippen molar-refractivity contribution in [2.45, 2.75) is 22.8 Å². The zero-order valence-electron chi connectivity index (χ0n) is 9.86. The molecule has 0 spiro atoms. The van der Waals surface area contributed by atoms with E-state index < -0.39 is 0 Å². The fraction of sp³-hybridized carbons (Fsp3) is 0.143. The van der Waals surface area contributed by atoms with Crippen molar-refractivity contribution in [3.63, 3.8) is 0 Å². The summed E-state index contributed by atoms with van der Waals surface area (Å²) in [5, 5.41) is 0. The van der Waals surface area contributed by atoms with Crippen LogP contribution in [0, 0.1) is 5.82 Å². The van der Waals surface area contributed by atoms with E-state index in [-0.39, 0.29) is 11.9 Å². The normalized spacial score (nSPS) is 12.4. The lowest BCUT2D eigenvalue weighted by Gasteiger charge is -2.09. The van der Waals surface area contributed by atoms with Crippen LogP contribution in [-0.4, -0.2) is 0 Å². The molecule has 1 nitrogen and oxygen atoms in total. The van der Waals surface area contributed by atoms with Crippen molar-refractivity contribution in [3.05, 3.63) is 58.3 Å². The van der Waals surface area contributed by atoms with Gasteiger partial charge in [0.25, 0.3) is 0 Å². The van der Waals surface area contributed by atoms with Gasteiger partial charge in [0.05, 0.1) is 0 Å². The van der Waals surface area contributed by atoms with Gasteiger partial charge in [-0.2, -0.15) is 0 Å². The molecular weight excluding hydrogens is 313 g/mol. The van der Waals surface area contributed by atoms with Crippen molar-refractivity contribution < 1.29 is 4.39 Å². The number of nitrogens with two attached hydrogens (primary N) is 1. The van der Waals surface area contributed by atoms with Crippen LogP contribution in [0.4, 0.5) is 4.39 Å². The topological polar surface area (TPSA) is 26.0 Å². The van der Waals surface area contributed by atoms with Gasteiger partial charge in [0.1, 0.15) is 5.82 Å². The van der Waals surface area contributed by atoms with Crippen molar-refractivity contribution in [3.8, 4) is 0 Å². The van der Waals surface area contributed by atoms with Crippen LogP contribution < -0.4 is 5.73 Å². The highest BCUT2D eigenvalue weighted by molar-refractivity contribution is 9.10. The molecule has 0 aliphatic carbocycles. The second kappa shape index (κ2) is 5.87.